The first-order valence-electron chi connectivity index (χ1n) is 8.09. The van der Waals surface area contributed by atoms with Crippen LogP contribution in [-0.4, -0.2) is 27.6 Å². The average molecular weight is 346 g/mol. The first kappa shape index (κ1) is 22.3. The number of rotatable bonds is 8. The van der Waals surface area contributed by atoms with Gasteiger partial charge in [-0.3, -0.25) is 9.59 Å². The second kappa shape index (κ2) is 13.7. The van der Waals surface area contributed by atoms with Crippen molar-refractivity contribution in [2.24, 2.45) is 0 Å². The number of carboxylic acid groups (broad SMARTS) is 2. The third-order valence-electron chi connectivity index (χ3n) is 3.40. The Morgan fingerprint density at radius 3 is 1.24 bits per heavy atom. The van der Waals surface area contributed by atoms with Crippen LogP contribution in [0.25, 0.3) is 0 Å². The number of aliphatic carboxylic acids is 2. The van der Waals surface area contributed by atoms with Crippen molar-refractivity contribution in [1.29, 1.82) is 0 Å². The van der Waals surface area contributed by atoms with E-state index < -0.39 is 11.9 Å². The van der Waals surface area contributed by atoms with Crippen LogP contribution in [-0.2, 0) is 22.4 Å². The summed E-state index contributed by atoms with van der Waals surface area (Å²) in [4.78, 5) is 20.4. The quantitative estimate of drug-likeness (QED) is 0.764. The third-order valence-corrected chi connectivity index (χ3v) is 3.40. The van der Waals surface area contributed by atoms with Crippen molar-refractivity contribution < 1.29 is 25.3 Å². The van der Waals surface area contributed by atoms with E-state index in [1.165, 1.54) is 11.1 Å². The van der Waals surface area contributed by atoms with Gasteiger partial charge in [0.15, 0.2) is 0 Å². The molecule has 0 aliphatic rings. The molecule has 0 fully saturated rings. The van der Waals surface area contributed by atoms with Crippen molar-refractivity contribution in [3.63, 3.8) is 0 Å². The predicted molar refractivity (Wildman–Crippen MR) is 97.6 cm³/mol. The third kappa shape index (κ3) is 12.4. The lowest BCUT2D eigenvalue weighted by atomic mass is 10.1. The summed E-state index contributed by atoms with van der Waals surface area (Å²) in [6.07, 6.45) is 3.67. The van der Waals surface area contributed by atoms with Crippen molar-refractivity contribution in [2.45, 2.75) is 38.5 Å². The molecule has 0 aliphatic heterocycles. The van der Waals surface area contributed by atoms with Crippen LogP contribution in [0.15, 0.2) is 60.7 Å². The van der Waals surface area contributed by atoms with Gasteiger partial charge >= 0.3 is 11.9 Å². The second-order valence-electron chi connectivity index (χ2n) is 5.47. The molecule has 0 aliphatic carbocycles. The van der Waals surface area contributed by atoms with Gasteiger partial charge < -0.3 is 15.7 Å². The number of hydrogen-bond acceptors (Lipinski definition) is 2. The molecule has 0 spiro atoms. The highest BCUT2D eigenvalue weighted by Gasteiger charge is 1.97. The van der Waals surface area contributed by atoms with E-state index in [2.05, 4.69) is 0 Å². The lowest BCUT2D eigenvalue weighted by Crippen LogP contribution is -1.95. The molecule has 136 valence electrons. The molecule has 0 amide bonds. The van der Waals surface area contributed by atoms with E-state index in [0.717, 1.165) is 25.7 Å². The zero-order chi connectivity index (χ0) is 17.6. The highest BCUT2D eigenvalue weighted by atomic mass is 16.4. The largest absolute Gasteiger partial charge is 0.481 e. The summed E-state index contributed by atoms with van der Waals surface area (Å²) >= 11 is 0. The van der Waals surface area contributed by atoms with E-state index in [4.69, 9.17) is 10.2 Å². The number of aryl methyl sites for hydroxylation is 2. The summed E-state index contributed by atoms with van der Waals surface area (Å²) in [6, 6.07) is 19.9. The van der Waals surface area contributed by atoms with Gasteiger partial charge in [0.25, 0.3) is 0 Å². The van der Waals surface area contributed by atoms with Crippen LogP contribution < -0.4 is 0 Å². The molecule has 0 radical (unpaired) electrons. The second-order valence-corrected chi connectivity index (χ2v) is 5.47. The highest BCUT2D eigenvalue weighted by Crippen LogP contribution is 2.04. The Labute approximate surface area is 148 Å². The van der Waals surface area contributed by atoms with Crippen molar-refractivity contribution in [1.82, 2.24) is 0 Å². The highest BCUT2D eigenvalue weighted by molar-refractivity contribution is 5.66. The van der Waals surface area contributed by atoms with E-state index in [1.807, 2.05) is 60.7 Å². The summed E-state index contributed by atoms with van der Waals surface area (Å²) in [6.45, 7) is 0. The molecule has 5 nitrogen and oxygen atoms in total. The van der Waals surface area contributed by atoms with Gasteiger partial charge in [-0.2, -0.15) is 0 Å². The van der Waals surface area contributed by atoms with E-state index >= 15 is 0 Å². The zero-order valence-corrected chi connectivity index (χ0v) is 14.2. The summed E-state index contributed by atoms with van der Waals surface area (Å²) in [5.41, 5.74) is 2.41. The van der Waals surface area contributed by atoms with Crippen LogP contribution in [0, 0.1) is 0 Å². The topological polar surface area (TPSA) is 106 Å². The molecule has 0 heterocycles. The van der Waals surface area contributed by atoms with E-state index in [-0.39, 0.29) is 18.3 Å². The van der Waals surface area contributed by atoms with E-state index in [0.29, 0.717) is 0 Å². The lowest BCUT2D eigenvalue weighted by molar-refractivity contribution is -0.138. The minimum atomic E-state index is -0.717. The molecular weight excluding hydrogens is 320 g/mol. The van der Waals surface area contributed by atoms with Gasteiger partial charge in [-0.1, -0.05) is 60.7 Å². The molecule has 0 atom stereocenters. The van der Waals surface area contributed by atoms with Crippen LogP contribution in [0.5, 0.6) is 0 Å². The summed E-state index contributed by atoms with van der Waals surface area (Å²) < 4.78 is 0. The molecule has 2 aromatic rings. The molecule has 2 rings (SSSR count). The van der Waals surface area contributed by atoms with Crippen LogP contribution >= 0.6 is 0 Å². The molecule has 5 heteroatoms. The molecule has 25 heavy (non-hydrogen) atoms. The normalized spacial score (nSPS) is 9.28. The monoisotopic (exact) mass is 346 g/mol. The Bertz CT molecular complexity index is 540. The first-order valence-corrected chi connectivity index (χ1v) is 8.09. The Hall–Kier alpha value is -2.66. The number of carbonyl (C=O) groups is 2. The molecule has 0 bridgehead atoms. The van der Waals surface area contributed by atoms with E-state index in [1.54, 1.807) is 0 Å². The maximum Gasteiger partial charge on any atom is 0.303 e. The van der Waals surface area contributed by atoms with Crippen molar-refractivity contribution in [2.75, 3.05) is 0 Å². The molecule has 0 saturated carbocycles. The zero-order valence-electron chi connectivity index (χ0n) is 14.2. The summed E-state index contributed by atoms with van der Waals surface area (Å²) in [5.74, 6) is -1.43. The summed E-state index contributed by atoms with van der Waals surface area (Å²) in [7, 11) is 0. The molecule has 0 saturated heterocycles. The van der Waals surface area contributed by atoms with Gasteiger partial charge in [-0.25, -0.2) is 0 Å². The van der Waals surface area contributed by atoms with Gasteiger partial charge in [0.1, 0.15) is 0 Å². The molecule has 0 unspecified atom stereocenters. The Morgan fingerprint density at radius 1 is 0.640 bits per heavy atom. The smallest absolute Gasteiger partial charge is 0.303 e. The first-order chi connectivity index (χ1) is 11.6. The number of benzene rings is 2. The fourth-order valence-corrected chi connectivity index (χ4v) is 2.18. The van der Waals surface area contributed by atoms with Crippen molar-refractivity contribution >= 4 is 11.9 Å². The fourth-order valence-electron chi connectivity index (χ4n) is 2.18. The van der Waals surface area contributed by atoms with Crippen LogP contribution in [0.1, 0.15) is 36.8 Å². The Morgan fingerprint density at radius 2 is 0.960 bits per heavy atom. The number of hydrogen-bond donors (Lipinski definition) is 2. The lowest BCUT2D eigenvalue weighted by Gasteiger charge is -1.97. The Balaban J connectivity index is 0.000000443. The SMILES string of the molecule is O.O=C(O)CCCc1ccccc1.O=C(O)CCCc1ccccc1. The van der Waals surface area contributed by atoms with Gasteiger partial charge in [-0.05, 0) is 36.8 Å². The van der Waals surface area contributed by atoms with Crippen molar-refractivity contribution in [3.8, 4) is 0 Å². The Kier molecular flexibility index (Phi) is 12.3. The van der Waals surface area contributed by atoms with E-state index in [9.17, 15) is 9.59 Å². The minimum Gasteiger partial charge on any atom is -0.481 e. The van der Waals surface area contributed by atoms with Crippen molar-refractivity contribution in [3.05, 3.63) is 71.8 Å². The summed E-state index contributed by atoms with van der Waals surface area (Å²) in [5, 5.41) is 16.8. The fraction of sp³-hybridized carbons (Fsp3) is 0.300. The maximum absolute atomic E-state index is 10.2. The van der Waals surface area contributed by atoms with Gasteiger partial charge in [-0.15, -0.1) is 0 Å². The molecular formula is C20H26O5. The maximum atomic E-state index is 10.2. The minimum absolute atomic E-state index is 0. The van der Waals surface area contributed by atoms with Crippen LogP contribution in [0.3, 0.4) is 0 Å². The molecule has 4 N–H and O–H groups in total. The molecule has 0 aromatic heterocycles. The number of carboxylic acids is 2. The van der Waals surface area contributed by atoms with Crippen LogP contribution in [0.2, 0.25) is 0 Å². The van der Waals surface area contributed by atoms with Crippen LogP contribution in [0.4, 0.5) is 0 Å². The standard InChI is InChI=1S/2C10H12O2.H2O/c2*11-10(12)8-4-7-9-5-2-1-3-6-9;/h2*1-3,5-6H,4,7-8H2,(H,11,12);1H2. The van der Waals surface area contributed by atoms with Gasteiger partial charge in [0.2, 0.25) is 0 Å². The predicted octanol–water partition coefficient (Wildman–Crippen LogP) is 3.36. The van der Waals surface area contributed by atoms with Gasteiger partial charge in [0, 0.05) is 12.8 Å². The average Bonchev–Trinajstić information content (AvgIpc) is 2.57. The molecule has 2 aromatic carbocycles. The van der Waals surface area contributed by atoms with Gasteiger partial charge in [0.05, 0.1) is 0 Å².